The van der Waals surface area contributed by atoms with Crippen LogP contribution in [0.15, 0.2) is 21.6 Å². The molecule has 11 heteroatoms. The number of nitrogens with two attached hydrogens (primary N) is 1. The Labute approximate surface area is 165 Å². The van der Waals surface area contributed by atoms with Gasteiger partial charge in [-0.1, -0.05) is 6.42 Å². The van der Waals surface area contributed by atoms with Gasteiger partial charge in [-0.3, -0.25) is 4.79 Å². The topological polar surface area (TPSA) is 152 Å². The van der Waals surface area contributed by atoms with Crippen LogP contribution in [0.1, 0.15) is 45.8 Å². The largest absolute Gasteiger partial charge is 0.450 e. The number of sulfonamides is 1. The van der Waals surface area contributed by atoms with E-state index >= 15 is 0 Å². The molecule has 9 nitrogen and oxygen atoms in total. The third-order valence-corrected chi connectivity index (χ3v) is 6.17. The summed E-state index contributed by atoms with van der Waals surface area (Å²) in [5.41, 5.74) is 1.45. The normalized spacial score (nSPS) is 13.9. The Hall–Kier alpha value is -2.68. The smallest absolute Gasteiger partial charge is 0.374 e. The number of nitriles is 1. The second-order valence-electron chi connectivity index (χ2n) is 6.17. The molecule has 0 saturated heterocycles. The van der Waals surface area contributed by atoms with E-state index in [4.69, 9.17) is 14.3 Å². The van der Waals surface area contributed by atoms with E-state index in [9.17, 15) is 23.3 Å². The highest BCUT2D eigenvalue weighted by molar-refractivity contribution is 7.89. The number of hydrogen-bond acceptors (Lipinski definition) is 8. The highest BCUT2D eigenvalue weighted by Gasteiger charge is 2.22. The zero-order valence-corrected chi connectivity index (χ0v) is 16.3. The van der Waals surface area contributed by atoms with E-state index < -0.39 is 39.4 Å². The van der Waals surface area contributed by atoms with E-state index in [0.29, 0.717) is 10.6 Å². The van der Waals surface area contributed by atoms with E-state index in [2.05, 4.69) is 11.4 Å². The summed E-state index contributed by atoms with van der Waals surface area (Å²) in [6.45, 7) is -0.613. The molecule has 0 spiro atoms. The van der Waals surface area contributed by atoms with Crippen LogP contribution in [-0.4, -0.2) is 26.9 Å². The average Bonchev–Trinajstić information content (AvgIpc) is 3.19. The van der Waals surface area contributed by atoms with Crippen molar-refractivity contribution < 1.29 is 27.2 Å². The summed E-state index contributed by atoms with van der Waals surface area (Å²) in [4.78, 5) is 25.1. The van der Waals surface area contributed by atoms with Crippen molar-refractivity contribution in [2.75, 3.05) is 11.9 Å². The van der Waals surface area contributed by atoms with Crippen LogP contribution in [0.4, 0.5) is 5.00 Å². The minimum Gasteiger partial charge on any atom is -0.450 e. The number of carbonyl (C=O) groups is 2. The molecule has 2 heterocycles. The van der Waals surface area contributed by atoms with E-state index in [1.807, 2.05) is 0 Å². The van der Waals surface area contributed by atoms with Crippen LogP contribution in [0.2, 0.25) is 0 Å². The van der Waals surface area contributed by atoms with Crippen molar-refractivity contribution in [1.29, 1.82) is 5.26 Å². The number of rotatable bonds is 5. The molecule has 2 aromatic heterocycles. The molecule has 0 aliphatic heterocycles. The van der Waals surface area contributed by atoms with Gasteiger partial charge in [0.1, 0.15) is 11.1 Å². The highest BCUT2D eigenvalue weighted by Crippen LogP contribution is 2.36. The van der Waals surface area contributed by atoms with Crippen LogP contribution in [0, 0.1) is 11.3 Å². The van der Waals surface area contributed by atoms with Gasteiger partial charge in [0.05, 0.1) is 5.56 Å². The van der Waals surface area contributed by atoms with Gasteiger partial charge in [-0.2, -0.15) is 5.26 Å². The fourth-order valence-corrected chi connectivity index (χ4v) is 4.62. The van der Waals surface area contributed by atoms with Crippen LogP contribution in [-0.2, 0) is 32.4 Å². The molecule has 3 rings (SSSR count). The van der Waals surface area contributed by atoms with Gasteiger partial charge in [-0.25, -0.2) is 18.4 Å². The maximum absolute atomic E-state index is 12.1. The molecule has 0 fully saturated rings. The number of furan rings is 1. The predicted octanol–water partition coefficient (Wildman–Crippen LogP) is 1.92. The second kappa shape index (κ2) is 8.14. The highest BCUT2D eigenvalue weighted by atomic mass is 32.2. The fraction of sp³-hybridized carbons (Fsp3) is 0.353. The molecule has 0 bridgehead atoms. The Morgan fingerprint density at radius 3 is 2.71 bits per heavy atom. The first kappa shape index (κ1) is 20.1. The van der Waals surface area contributed by atoms with Crippen LogP contribution >= 0.6 is 11.3 Å². The van der Waals surface area contributed by atoms with Gasteiger partial charge >= 0.3 is 5.97 Å². The maximum atomic E-state index is 12.1. The fourth-order valence-electron chi connectivity index (χ4n) is 2.90. The molecule has 0 unspecified atom stereocenters. The molecule has 1 aliphatic rings. The number of amides is 1. The molecule has 3 N–H and O–H groups in total. The zero-order valence-electron chi connectivity index (χ0n) is 14.7. The van der Waals surface area contributed by atoms with Crippen LogP contribution in [0.3, 0.4) is 0 Å². The van der Waals surface area contributed by atoms with Gasteiger partial charge in [0.2, 0.25) is 10.9 Å². The number of nitrogens with zero attached hydrogens (tertiary/aromatic N) is 1. The lowest BCUT2D eigenvalue weighted by Crippen LogP contribution is -2.20. The van der Waals surface area contributed by atoms with E-state index in [1.54, 1.807) is 0 Å². The summed E-state index contributed by atoms with van der Waals surface area (Å²) < 4.78 is 31.9. The molecule has 1 amide bonds. The van der Waals surface area contributed by atoms with E-state index in [-0.39, 0.29) is 0 Å². The molecule has 0 aromatic carbocycles. The number of nitrogens with one attached hydrogen (secondary N) is 1. The maximum Gasteiger partial charge on any atom is 0.374 e. The number of thiophene rings is 1. The van der Waals surface area contributed by atoms with E-state index in [0.717, 1.165) is 54.7 Å². The quantitative estimate of drug-likeness (QED) is 0.550. The molecule has 148 valence electrons. The van der Waals surface area contributed by atoms with Gasteiger partial charge in [-0.15, -0.1) is 11.3 Å². The van der Waals surface area contributed by atoms with Gasteiger partial charge in [0, 0.05) is 4.88 Å². The summed E-state index contributed by atoms with van der Waals surface area (Å²) in [5, 5.41) is 16.8. The summed E-state index contributed by atoms with van der Waals surface area (Å²) in [7, 11) is -4.08. The van der Waals surface area contributed by atoms with Gasteiger partial charge in [0.25, 0.3) is 15.9 Å². The van der Waals surface area contributed by atoms with Crippen molar-refractivity contribution >= 4 is 38.2 Å². The SMILES string of the molecule is N#Cc1c(NC(=O)COC(=O)c2ccc(S(N)(=O)=O)o2)sc2c1CCCCC2. The monoisotopic (exact) mass is 423 g/mol. The van der Waals surface area contributed by atoms with Crippen LogP contribution < -0.4 is 10.5 Å². The van der Waals surface area contributed by atoms with Crippen molar-refractivity contribution in [1.82, 2.24) is 0 Å². The van der Waals surface area contributed by atoms with Gasteiger partial charge in [-0.05, 0) is 43.4 Å². The molecule has 28 heavy (non-hydrogen) atoms. The first-order valence-electron chi connectivity index (χ1n) is 8.44. The molecule has 0 atom stereocenters. The zero-order chi connectivity index (χ0) is 20.3. The first-order valence-corrected chi connectivity index (χ1v) is 10.8. The summed E-state index contributed by atoms with van der Waals surface area (Å²) in [6, 6.07) is 4.25. The first-order chi connectivity index (χ1) is 13.3. The van der Waals surface area contributed by atoms with Crippen LogP contribution in [0.5, 0.6) is 0 Å². The number of anilines is 1. The number of hydrogen-bond donors (Lipinski definition) is 2. The third-order valence-electron chi connectivity index (χ3n) is 4.18. The third kappa shape index (κ3) is 4.41. The molecule has 2 aromatic rings. The predicted molar refractivity (Wildman–Crippen MR) is 99.3 cm³/mol. The van der Waals surface area contributed by atoms with Crippen molar-refractivity contribution in [2.24, 2.45) is 5.14 Å². The van der Waals surface area contributed by atoms with Crippen molar-refractivity contribution in [2.45, 2.75) is 37.2 Å². The molecule has 0 radical (unpaired) electrons. The number of esters is 1. The van der Waals surface area contributed by atoms with E-state index in [1.165, 1.54) is 11.3 Å². The number of aryl methyl sites for hydroxylation is 1. The summed E-state index contributed by atoms with van der Waals surface area (Å²) in [6.07, 6.45) is 4.86. The Bertz CT molecular complexity index is 1060. The van der Waals surface area contributed by atoms with Gasteiger partial charge in [0.15, 0.2) is 6.61 Å². The Morgan fingerprint density at radius 2 is 2.04 bits per heavy atom. The van der Waals surface area contributed by atoms with Crippen molar-refractivity contribution in [3.8, 4) is 6.07 Å². The standard InChI is InChI=1S/C17H17N3O6S2/c18-8-11-10-4-2-1-3-5-13(10)27-16(11)20-14(21)9-25-17(22)12-6-7-15(26-12)28(19,23)24/h6-7H,1-5,9H2,(H,20,21)(H2,19,23,24). The minimum absolute atomic E-state index is 0.391. The summed E-state index contributed by atoms with van der Waals surface area (Å²) in [5.74, 6) is -2.01. The second-order valence-corrected chi connectivity index (χ2v) is 8.77. The number of carbonyl (C=O) groups excluding carboxylic acids is 2. The lowest BCUT2D eigenvalue weighted by atomic mass is 10.1. The lowest BCUT2D eigenvalue weighted by molar-refractivity contribution is -0.119. The Morgan fingerprint density at radius 1 is 1.29 bits per heavy atom. The van der Waals surface area contributed by atoms with Crippen molar-refractivity contribution in [3.63, 3.8) is 0 Å². The number of fused-ring (bicyclic) bond motifs is 1. The summed E-state index contributed by atoms with van der Waals surface area (Å²) >= 11 is 1.37. The molecule has 1 aliphatic carbocycles. The van der Waals surface area contributed by atoms with Gasteiger partial charge < -0.3 is 14.5 Å². The lowest BCUT2D eigenvalue weighted by Gasteiger charge is -2.05. The molecular weight excluding hydrogens is 406 g/mol. The Kier molecular flexibility index (Phi) is 5.83. The number of ether oxygens (including phenoxy) is 1. The molecular formula is C17H17N3O6S2. The molecule has 0 saturated carbocycles. The minimum atomic E-state index is -4.08. The van der Waals surface area contributed by atoms with Crippen LogP contribution in [0.25, 0.3) is 0 Å². The number of primary sulfonamides is 1. The average molecular weight is 423 g/mol. The Balaban J connectivity index is 1.63. The van der Waals surface area contributed by atoms with Crippen molar-refractivity contribution in [3.05, 3.63) is 33.9 Å².